The van der Waals surface area contributed by atoms with Gasteiger partial charge in [-0.05, 0) is 25.8 Å². The van der Waals surface area contributed by atoms with Gasteiger partial charge in [-0.25, -0.2) is 17.5 Å². The molecule has 2 saturated heterocycles. The number of hydrogen-bond acceptors (Lipinski definition) is 5. The Morgan fingerprint density at radius 3 is 2.08 bits per heavy atom. The lowest BCUT2D eigenvalue weighted by Crippen LogP contribution is -2.50. The molecule has 0 aliphatic carbocycles. The molecular weight excluding hydrogens is 334 g/mol. The molecule has 2 rings (SSSR count). The maximum Gasteiger partial charge on any atom is 0.326 e. The van der Waals surface area contributed by atoms with Crippen LogP contribution >= 0.6 is 0 Å². The number of carbonyl (C=O) groups excluding carboxylic acids is 1. The lowest BCUT2D eigenvalue weighted by Gasteiger charge is -2.35. The second kappa shape index (κ2) is 6.97. The van der Waals surface area contributed by atoms with Gasteiger partial charge in [0.2, 0.25) is 15.9 Å². The van der Waals surface area contributed by atoms with Gasteiger partial charge in [-0.3, -0.25) is 9.69 Å². The van der Waals surface area contributed by atoms with Gasteiger partial charge in [0, 0.05) is 32.6 Å². The molecule has 9 heteroatoms. The second-order valence-corrected chi connectivity index (χ2v) is 9.18. The van der Waals surface area contributed by atoms with Crippen molar-refractivity contribution in [3.05, 3.63) is 0 Å². The van der Waals surface area contributed by atoms with Crippen LogP contribution in [-0.4, -0.2) is 84.7 Å². The molecule has 2 aliphatic heterocycles. The van der Waals surface area contributed by atoms with Crippen LogP contribution in [0.15, 0.2) is 0 Å². The van der Waals surface area contributed by atoms with Gasteiger partial charge in [0.05, 0.1) is 0 Å². The zero-order valence-electron chi connectivity index (χ0n) is 14.7. The molecule has 8 nitrogen and oxygen atoms in total. The second-order valence-electron chi connectivity index (χ2n) is 7.09. The van der Waals surface area contributed by atoms with Crippen molar-refractivity contribution < 1.29 is 23.1 Å². The summed E-state index contributed by atoms with van der Waals surface area (Å²) in [5.74, 6) is -1.74. The monoisotopic (exact) mass is 361 g/mol. The number of amides is 1. The molecule has 0 radical (unpaired) electrons. The first kappa shape index (κ1) is 19.1. The first-order valence-corrected chi connectivity index (χ1v) is 9.76. The van der Waals surface area contributed by atoms with Crippen LogP contribution in [-0.2, 0) is 19.6 Å². The Labute approximate surface area is 143 Å². The molecule has 3 atom stereocenters. The molecular formula is C15H27N3O5S. The van der Waals surface area contributed by atoms with Gasteiger partial charge >= 0.3 is 5.97 Å². The van der Waals surface area contributed by atoms with Gasteiger partial charge in [-0.2, -0.15) is 0 Å². The summed E-state index contributed by atoms with van der Waals surface area (Å²) in [5, 5.41) is 8.89. The Morgan fingerprint density at radius 1 is 1.21 bits per heavy atom. The predicted molar refractivity (Wildman–Crippen MR) is 88.7 cm³/mol. The highest BCUT2D eigenvalue weighted by Crippen LogP contribution is 2.29. The van der Waals surface area contributed by atoms with Crippen molar-refractivity contribution in [3.63, 3.8) is 0 Å². The van der Waals surface area contributed by atoms with E-state index in [0.29, 0.717) is 32.5 Å². The Morgan fingerprint density at radius 2 is 1.71 bits per heavy atom. The third-order valence-electron chi connectivity index (χ3n) is 4.96. The molecule has 1 unspecified atom stereocenters. The molecule has 2 fully saturated rings. The molecule has 0 aromatic heterocycles. The number of aliphatic carboxylic acids is 1. The molecule has 1 N–H and O–H groups in total. The summed E-state index contributed by atoms with van der Waals surface area (Å²) >= 11 is 0. The van der Waals surface area contributed by atoms with Crippen molar-refractivity contribution in [2.75, 3.05) is 33.7 Å². The Bertz CT molecular complexity index is 598. The van der Waals surface area contributed by atoms with Crippen LogP contribution in [0.1, 0.15) is 26.7 Å². The van der Waals surface area contributed by atoms with Gasteiger partial charge in [0.15, 0.2) is 0 Å². The molecule has 0 aromatic rings. The SMILES string of the molecule is CC(C)[C@@H](C(=O)O)N(C)C(=O)C1CCN(S(=O)(=O)[C@@H]2CN2C)CC1. The van der Waals surface area contributed by atoms with E-state index in [2.05, 4.69) is 0 Å². The number of hydrogen-bond donors (Lipinski definition) is 1. The van der Waals surface area contributed by atoms with Crippen LogP contribution in [0.5, 0.6) is 0 Å². The average molecular weight is 361 g/mol. The summed E-state index contributed by atoms with van der Waals surface area (Å²) in [4.78, 5) is 27.0. The number of rotatable bonds is 6. The van der Waals surface area contributed by atoms with Gasteiger partial charge in [-0.1, -0.05) is 13.8 Å². The molecule has 2 heterocycles. The number of carboxylic acids is 1. The normalized spacial score (nSPS) is 27.0. The molecule has 24 heavy (non-hydrogen) atoms. The van der Waals surface area contributed by atoms with Crippen molar-refractivity contribution in [2.24, 2.45) is 11.8 Å². The van der Waals surface area contributed by atoms with Crippen LogP contribution in [0.3, 0.4) is 0 Å². The highest BCUT2D eigenvalue weighted by atomic mass is 32.2. The van der Waals surface area contributed by atoms with E-state index < -0.39 is 27.4 Å². The van der Waals surface area contributed by atoms with Crippen LogP contribution in [0.4, 0.5) is 0 Å². The molecule has 0 bridgehead atoms. The van der Waals surface area contributed by atoms with E-state index in [0.717, 1.165) is 0 Å². The Balaban J connectivity index is 1.96. The molecule has 2 aliphatic rings. The predicted octanol–water partition coefficient (Wildman–Crippen LogP) is -0.133. The zero-order valence-corrected chi connectivity index (χ0v) is 15.5. The fourth-order valence-electron chi connectivity index (χ4n) is 3.37. The van der Waals surface area contributed by atoms with E-state index in [4.69, 9.17) is 0 Å². The third kappa shape index (κ3) is 3.73. The largest absolute Gasteiger partial charge is 0.480 e. The highest BCUT2D eigenvalue weighted by Gasteiger charge is 2.46. The van der Waals surface area contributed by atoms with Gasteiger partial charge < -0.3 is 10.0 Å². The first-order valence-electron chi connectivity index (χ1n) is 8.26. The number of carbonyl (C=O) groups is 2. The van der Waals surface area contributed by atoms with Crippen LogP contribution in [0.2, 0.25) is 0 Å². The van der Waals surface area contributed by atoms with Gasteiger partial charge in [0.1, 0.15) is 11.4 Å². The number of sulfonamides is 1. The van der Waals surface area contributed by atoms with E-state index in [1.807, 2.05) is 0 Å². The maximum atomic E-state index is 12.6. The summed E-state index contributed by atoms with van der Waals surface area (Å²) in [6.07, 6.45) is 0.868. The fraction of sp³-hybridized carbons (Fsp3) is 0.867. The highest BCUT2D eigenvalue weighted by molar-refractivity contribution is 7.90. The number of carboxylic acid groups (broad SMARTS) is 1. The quantitative estimate of drug-likeness (QED) is 0.662. The summed E-state index contributed by atoms with van der Waals surface area (Å²) in [6, 6.07) is -0.862. The molecule has 0 aromatic carbocycles. The molecule has 0 spiro atoms. The third-order valence-corrected chi connectivity index (χ3v) is 7.24. The van der Waals surface area contributed by atoms with Crippen molar-refractivity contribution in [3.8, 4) is 0 Å². The van der Waals surface area contributed by atoms with Crippen LogP contribution < -0.4 is 0 Å². The van der Waals surface area contributed by atoms with Crippen LogP contribution in [0.25, 0.3) is 0 Å². The van der Waals surface area contributed by atoms with E-state index >= 15 is 0 Å². The molecule has 0 saturated carbocycles. The first-order chi connectivity index (χ1) is 11.1. The van der Waals surface area contributed by atoms with Crippen molar-refractivity contribution in [1.82, 2.24) is 14.1 Å². The lowest BCUT2D eigenvalue weighted by atomic mass is 9.94. The summed E-state index contributed by atoms with van der Waals surface area (Å²) in [5.41, 5.74) is 0. The fourth-order valence-corrected chi connectivity index (χ4v) is 5.32. The number of nitrogens with zero attached hydrogens (tertiary/aromatic N) is 3. The van der Waals surface area contributed by atoms with E-state index in [1.165, 1.54) is 16.3 Å². The Kier molecular flexibility index (Phi) is 5.56. The minimum Gasteiger partial charge on any atom is -0.480 e. The minimum atomic E-state index is -3.31. The average Bonchev–Trinajstić information content (AvgIpc) is 3.23. The van der Waals surface area contributed by atoms with Crippen LogP contribution in [0, 0.1) is 11.8 Å². The summed E-state index contributed by atoms with van der Waals surface area (Å²) < 4.78 is 26.2. The van der Waals surface area contributed by atoms with E-state index in [9.17, 15) is 23.1 Å². The van der Waals surface area contributed by atoms with Gasteiger partial charge in [-0.15, -0.1) is 0 Å². The number of piperidine rings is 1. The van der Waals surface area contributed by atoms with Crippen molar-refractivity contribution in [1.29, 1.82) is 0 Å². The number of likely N-dealkylation sites (N-methyl/N-ethyl adjacent to an activating group) is 2. The van der Waals surface area contributed by atoms with E-state index in [1.54, 1.807) is 25.8 Å². The smallest absolute Gasteiger partial charge is 0.326 e. The standard InChI is InChI=1S/C15H27N3O5S/c1-10(2)13(15(20)21)17(4)14(19)11-5-7-18(8-6-11)24(22,23)12-9-16(12)3/h10-13H,5-9H2,1-4H3,(H,20,21)/t12-,13+,16?/m1/s1. The zero-order chi connectivity index (χ0) is 18.2. The van der Waals surface area contributed by atoms with Gasteiger partial charge in [0.25, 0.3) is 0 Å². The van der Waals surface area contributed by atoms with E-state index in [-0.39, 0.29) is 17.7 Å². The summed E-state index contributed by atoms with van der Waals surface area (Å²) in [6.45, 7) is 4.72. The topological polar surface area (TPSA) is 98.0 Å². The van der Waals surface area contributed by atoms with Crippen molar-refractivity contribution in [2.45, 2.75) is 38.1 Å². The van der Waals surface area contributed by atoms with Crippen molar-refractivity contribution >= 4 is 21.9 Å². The lowest BCUT2D eigenvalue weighted by molar-refractivity contribution is -0.153. The molecule has 138 valence electrons. The maximum absolute atomic E-state index is 12.6. The molecule has 1 amide bonds. The Hall–Kier alpha value is -1.19. The summed E-state index contributed by atoms with van der Waals surface area (Å²) in [7, 11) is -0.0239. The minimum absolute atomic E-state index is 0.192.